The van der Waals surface area contributed by atoms with E-state index in [2.05, 4.69) is 70.2 Å². The number of aliphatic hydroxyl groups excluding tert-OH is 1. The molecular formula is C48H94N2O3. The third-order valence-corrected chi connectivity index (χ3v) is 11.2. The van der Waals surface area contributed by atoms with Gasteiger partial charge in [-0.1, -0.05) is 195 Å². The molecule has 0 aliphatic carbocycles. The molecule has 53 heavy (non-hydrogen) atoms. The van der Waals surface area contributed by atoms with Gasteiger partial charge in [-0.15, -0.1) is 0 Å². The van der Waals surface area contributed by atoms with Crippen molar-refractivity contribution in [3.8, 4) is 0 Å². The minimum atomic E-state index is -0.287. The molecule has 0 amide bonds. The fourth-order valence-corrected chi connectivity index (χ4v) is 7.70. The van der Waals surface area contributed by atoms with Gasteiger partial charge in [0, 0.05) is 25.6 Å². The number of allylic oxidation sites excluding steroid dienone is 1. The highest BCUT2D eigenvalue weighted by atomic mass is 16.5. The number of hydrogen-bond acceptors (Lipinski definition) is 5. The second-order valence-corrected chi connectivity index (χ2v) is 16.7. The monoisotopic (exact) mass is 747 g/mol. The van der Waals surface area contributed by atoms with Crippen LogP contribution in [0, 0.1) is 11.8 Å². The van der Waals surface area contributed by atoms with Crippen LogP contribution >= 0.6 is 0 Å². The smallest absolute Gasteiger partial charge is 0.306 e. The summed E-state index contributed by atoms with van der Waals surface area (Å²) in [5.74, 6) is 0.969. The van der Waals surface area contributed by atoms with Crippen molar-refractivity contribution < 1.29 is 14.6 Å². The van der Waals surface area contributed by atoms with Gasteiger partial charge in [0.15, 0.2) is 0 Å². The molecule has 314 valence electrons. The summed E-state index contributed by atoms with van der Waals surface area (Å²) >= 11 is 0. The largest absolute Gasteiger partial charge is 0.466 e. The summed E-state index contributed by atoms with van der Waals surface area (Å²) in [6.45, 7) is 20.8. The van der Waals surface area contributed by atoms with E-state index in [-0.39, 0.29) is 12.1 Å². The molecule has 0 aromatic rings. The molecule has 0 saturated carbocycles. The lowest BCUT2D eigenvalue weighted by Gasteiger charge is -2.38. The van der Waals surface area contributed by atoms with Crippen LogP contribution in [0.2, 0.25) is 0 Å². The van der Waals surface area contributed by atoms with Crippen molar-refractivity contribution in [2.24, 2.45) is 11.8 Å². The van der Waals surface area contributed by atoms with Crippen LogP contribution < -0.4 is 0 Å². The Morgan fingerprint density at radius 2 is 1.11 bits per heavy atom. The first-order chi connectivity index (χ1) is 25.8. The van der Waals surface area contributed by atoms with Crippen LogP contribution in [0.15, 0.2) is 25.1 Å². The molecule has 0 spiro atoms. The summed E-state index contributed by atoms with van der Waals surface area (Å²) in [6, 6.07) is 0.337. The fourth-order valence-electron chi connectivity index (χ4n) is 7.70. The lowest BCUT2D eigenvalue weighted by Crippen LogP contribution is -2.48. The minimum absolute atomic E-state index is 0.0164. The van der Waals surface area contributed by atoms with E-state index in [1.54, 1.807) is 0 Å². The highest BCUT2D eigenvalue weighted by Crippen LogP contribution is 2.23. The quantitative estimate of drug-likeness (QED) is 0.0499. The van der Waals surface area contributed by atoms with Crippen LogP contribution in [0.5, 0.6) is 0 Å². The molecule has 3 unspecified atom stereocenters. The Kier molecular flexibility index (Phi) is 37.9. The van der Waals surface area contributed by atoms with Crippen molar-refractivity contribution in [1.82, 2.24) is 9.80 Å². The zero-order chi connectivity index (χ0) is 39.2. The molecule has 0 aliphatic rings. The summed E-state index contributed by atoms with van der Waals surface area (Å²) in [4.78, 5) is 17.6. The first-order valence-corrected chi connectivity index (χ1v) is 23.4. The normalized spacial score (nSPS) is 13.6. The maximum absolute atomic E-state index is 12.8. The van der Waals surface area contributed by atoms with E-state index in [0.29, 0.717) is 30.9 Å². The van der Waals surface area contributed by atoms with E-state index in [9.17, 15) is 9.90 Å². The number of hydrogen-bond donors (Lipinski definition) is 1. The first kappa shape index (κ1) is 51.7. The number of esters is 1. The fraction of sp³-hybridized carbons (Fsp3) is 0.896. The Morgan fingerprint density at radius 1 is 0.642 bits per heavy atom. The number of carbonyl (C=O) groups is 1. The van der Waals surface area contributed by atoms with Crippen LogP contribution in [0.3, 0.4) is 0 Å². The number of aliphatic hydroxyl groups is 1. The topological polar surface area (TPSA) is 53.0 Å². The third kappa shape index (κ3) is 32.6. The zero-order valence-electron chi connectivity index (χ0n) is 36.7. The van der Waals surface area contributed by atoms with E-state index in [4.69, 9.17) is 4.74 Å². The Hall–Kier alpha value is -1.33. The number of rotatable bonds is 41. The molecule has 0 radical (unpaired) electrons. The Labute approximate surface area is 332 Å². The van der Waals surface area contributed by atoms with Gasteiger partial charge in [0.1, 0.15) is 0 Å². The van der Waals surface area contributed by atoms with Crippen molar-refractivity contribution in [3.05, 3.63) is 25.1 Å². The van der Waals surface area contributed by atoms with E-state index >= 15 is 0 Å². The average molecular weight is 747 g/mol. The summed E-state index contributed by atoms with van der Waals surface area (Å²) in [7, 11) is 0. The van der Waals surface area contributed by atoms with E-state index in [1.807, 2.05) is 6.20 Å². The molecule has 0 aliphatic heterocycles. The Balaban J connectivity index is 4.84. The Bertz CT molecular complexity index is 815. The molecule has 1 N–H and O–H groups in total. The van der Waals surface area contributed by atoms with Gasteiger partial charge in [0.05, 0.1) is 12.7 Å². The average Bonchev–Trinajstić information content (AvgIpc) is 3.14. The standard InChI is InChI=1S/C48H94N2O3/c1-8-13-17-20-22-23-24-25-27-32-37-46(51)42-50(47(44(6)7)43-49(12-5)38-16-11-4)39-33-28-29-34-40-53-48(52)41-45(35-30-19-15-10-3)36-31-26-21-18-14-9-2/h12,16,38,44-47,51H,5,8-11,13-15,17-37,39-43H2,1-4,6-7H3/b38-16-. The van der Waals surface area contributed by atoms with Crippen LogP contribution in [0.1, 0.15) is 228 Å². The summed E-state index contributed by atoms with van der Waals surface area (Å²) in [5.41, 5.74) is 0. The highest BCUT2D eigenvalue weighted by Gasteiger charge is 2.25. The molecule has 0 fully saturated rings. The van der Waals surface area contributed by atoms with Gasteiger partial charge in [-0.05, 0) is 69.3 Å². The molecule has 3 atom stereocenters. The van der Waals surface area contributed by atoms with Gasteiger partial charge >= 0.3 is 5.97 Å². The molecule has 0 aromatic carbocycles. The molecule has 5 heteroatoms. The van der Waals surface area contributed by atoms with Crippen LogP contribution in [0.4, 0.5) is 0 Å². The zero-order valence-corrected chi connectivity index (χ0v) is 36.7. The van der Waals surface area contributed by atoms with Crippen LogP contribution in [-0.4, -0.2) is 59.3 Å². The van der Waals surface area contributed by atoms with Crippen molar-refractivity contribution in [2.75, 3.05) is 26.2 Å². The molecule has 0 saturated heterocycles. The third-order valence-electron chi connectivity index (χ3n) is 11.2. The van der Waals surface area contributed by atoms with E-state index in [1.165, 1.54) is 135 Å². The minimum Gasteiger partial charge on any atom is -0.466 e. The van der Waals surface area contributed by atoms with Crippen molar-refractivity contribution in [2.45, 2.75) is 240 Å². The van der Waals surface area contributed by atoms with Crippen molar-refractivity contribution in [3.63, 3.8) is 0 Å². The van der Waals surface area contributed by atoms with E-state index < -0.39 is 0 Å². The second kappa shape index (κ2) is 38.9. The number of carbonyl (C=O) groups excluding carboxylic acids is 1. The van der Waals surface area contributed by atoms with Gasteiger partial charge in [0.2, 0.25) is 0 Å². The SMILES string of the molecule is C=CN(/C=C\CC)CC(C(C)C)N(CCCCCCOC(=O)CC(CCCCCC)CCCCCCCC)CC(O)CCCCCCCCCCCC. The number of nitrogens with zero attached hydrogens (tertiary/aromatic N) is 2. The van der Waals surface area contributed by atoms with E-state index in [0.717, 1.165) is 64.6 Å². The maximum atomic E-state index is 12.8. The molecule has 0 heterocycles. The second-order valence-electron chi connectivity index (χ2n) is 16.7. The predicted octanol–water partition coefficient (Wildman–Crippen LogP) is 14.2. The van der Waals surface area contributed by atoms with Gasteiger partial charge in [0.25, 0.3) is 0 Å². The maximum Gasteiger partial charge on any atom is 0.306 e. The summed E-state index contributed by atoms with van der Waals surface area (Å²) in [5, 5.41) is 11.2. The number of unbranched alkanes of at least 4 members (excludes halogenated alkanes) is 20. The van der Waals surface area contributed by atoms with Crippen molar-refractivity contribution >= 4 is 5.97 Å². The molecule has 0 rings (SSSR count). The lowest BCUT2D eigenvalue weighted by atomic mass is 9.91. The lowest BCUT2D eigenvalue weighted by molar-refractivity contribution is -0.145. The van der Waals surface area contributed by atoms with Gasteiger partial charge in [-0.25, -0.2) is 0 Å². The Morgan fingerprint density at radius 3 is 1.62 bits per heavy atom. The summed E-state index contributed by atoms with van der Waals surface area (Å²) in [6.07, 6.45) is 41.2. The molecule has 0 bridgehead atoms. The van der Waals surface area contributed by atoms with Crippen molar-refractivity contribution in [1.29, 1.82) is 0 Å². The predicted molar refractivity (Wildman–Crippen MR) is 233 cm³/mol. The molecular weight excluding hydrogens is 653 g/mol. The number of ether oxygens (including phenoxy) is 1. The van der Waals surface area contributed by atoms with Gasteiger partial charge in [-0.2, -0.15) is 0 Å². The molecule has 5 nitrogen and oxygen atoms in total. The summed E-state index contributed by atoms with van der Waals surface area (Å²) < 4.78 is 5.78. The van der Waals surface area contributed by atoms with Gasteiger partial charge < -0.3 is 14.7 Å². The first-order valence-electron chi connectivity index (χ1n) is 23.4. The van der Waals surface area contributed by atoms with Crippen LogP contribution in [-0.2, 0) is 9.53 Å². The highest BCUT2D eigenvalue weighted by molar-refractivity contribution is 5.69. The van der Waals surface area contributed by atoms with Gasteiger partial charge in [-0.3, -0.25) is 9.69 Å². The van der Waals surface area contributed by atoms with Crippen LogP contribution in [0.25, 0.3) is 0 Å². The molecule has 0 aromatic heterocycles.